The molecular formula is C20H23N5O. The number of benzene rings is 1. The zero-order chi connectivity index (χ0) is 17.8. The lowest BCUT2D eigenvalue weighted by atomic mass is 10.2. The third kappa shape index (κ3) is 3.98. The number of pyridine rings is 1. The third-order valence-corrected chi connectivity index (χ3v) is 4.70. The van der Waals surface area contributed by atoms with Gasteiger partial charge in [-0.25, -0.2) is 4.98 Å². The maximum absolute atomic E-state index is 6.19. The van der Waals surface area contributed by atoms with Crippen molar-refractivity contribution in [2.45, 2.75) is 38.6 Å². The van der Waals surface area contributed by atoms with Crippen molar-refractivity contribution in [3.63, 3.8) is 0 Å². The molecule has 6 heteroatoms. The van der Waals surface area contributed by atoms with Crippen molar-refractivity contribution in [1.29, 1.82) is 0 Å². The molecule has 2 atom stereocenters. The highest BCUT2D eigenvalue weighted by molar-refractivity contribution is 5.13. The van der Waals surface area contributed by atoms with E-state index in [1.165, 1.54) is 5.56 Å². The Morgan fingerprint density at radius 3 is 2.73 bits per heavy atom. The van der Waals surface area contributed by atoms with Crippen LogP contribution in [0.4, 0.5) is 0 Å². The summed E-state index contributed by atoms with van der Waals surface area (Å²) in [5.41, 5.74) is 2.24. The molecule has 0 bridgehead atoms. The molecule has 0 spiro atoms. The van der Waals surface area contributed by atoms with Gasteiger partial charge in [0.15, 0.2) is 5.82 Å². The van der Waals surface area contributed by atoms with E-state index in [0.29, 0.717) is 6.61 Å². The molecule has 134 valence electrons. The zero-order valence-corrected chi connectivity index (χ0v) is 14.9. The van der Waals surface area contributed by atoms with Crippen LogP contribution in [0, 0.1) is 6.92 Å². The van der Waals surface area contributed by atoms with Gasteiger partial charge < -0.3 is 4.74 Å². The summed E-state index contributed by atoms with van der Waals surface area (Å²) in [6.07, 6.45) is 2.88. The lowest BCUT2D eigenvalue weighted by molar-refractivity contribution is 0.0460. The fourth-order valence-corrected chi connectivity index (χ4v) is 3.42. The maximum Gasteiger partial charge on any atom is 0.167 e. The van der Waals surface area contributed by atoms with Crippen molar-refractivity contribution >= 4 is 0 Å². The standard InChI is InChI=1S/C20H23N5O/c1-15-22-20(24-23-15)19-11-18(26-14-16-7-3-2-4-8-16)13-25(19)12-17-9-5-6-10-21-17/h2-10,18-19H,11-14H2,1H3,(H,22,23,24)/t18-,19-/m0/s1. The van der Waals surface area contributed by atoms with Gasteiger partial charge >= 0.3 is 0 Å². The van der Waals surface area contributed by atoms with Crippen LogP contribution in [0.15, 0.2) is 54.7 Å². The third-order valence-electron chi connectivity index (χ3n) is 4.70. The number of aryl methyl sites for hydroxylation is 1. The lowest BCUT2D eigenvalue weighted by Crippen LogP contribution is -2.26. The van der Waals surface area contributed by atoms with Crippen molar-refractivity contribution in [2.75, 3.05) is 6.54 Å². The second kappa shape index (κ2) is 7.76. The fraction of sp³-hybridized carbons (Fsp3) is 0.350. The normalized spacial score (nSPS) is 20.5. The largest absolute Gasteiger partial charge is 0.372 e. The molecule has 0 radical (unpaired) electrons. The Kier molecular flexibility index (Phi) is 5.04. The van der Waals surface area contributed by atoms with Crippen LogP contribution in [0.2, 0.25) is 0 Å². The Balaban J connectivity index is 1.46. The first-order valence-corrected chi connectivity index (χ1v) is 8.96. The highest BCUT2D eigenvalue weighted by atomic mass is 16.5. The van der Waals surface area contributed by atoms with E-state index in [2.05, 4.69) is 43.3 Å². The molecule has 4 rings (SSSR count). The van der Waals surface area contributed by atoms with Gasteiger partial charge in [-0.05, 0) is 31.0 Å². The topological polar surface area (TPSA) is 66.9 Å². The highest BCUT2D eigenvalue weighted by Gasteiger charge is 2.36. The molecule has 1 saturated heterocycles. The first-order valence-electron chi connectivity index (χ1n) is 8.96. The fourth-order valence-electron chi connectivity index (χ4n) is 3.42. The number of hydrogen-bond donors (Lipinski definition) is 1. The van der Waals surface area contributed by atoms with Gasteiger partial charge in [-0.2, -0.15) is 5.10 Å². The Morgan fingerprint density at radius 1 is 1.15 bits per heavy atom. The molecule has 1 aliphatic heterocycles. The van der Waals surface area contributed by atoms with E-state index in [9.17, 15) is 0 Å². The number of nitrogens with zero attached hydrogens (tertiary/aromatic N) is 4. The summed E-state index contributed by atoms with van der Waals surface area (Å²) in [6, 6.07) is 16.5. The van der Waals surface area contributed by atoms with E-state index in [1.54, 1.807) is 0 Å². The van der Waals surface area contributed by atoms with Gasteiger partial charge in [0.1, 0.15) is 5.82 Å². The van der Waals surface area contributed by atoms with Crippen LogP contribution >= 0.6 is 0 Å². The number of aromatic amines is 1. The number of ether oxygens (including phenoxy) is 1. The van der Waals surface area contributed by atoms with E-state index >= 15 is 0 Å². The monoisotopic (exact) mass is 349 g/mol. The summed E-state index contributed by atoms with van der Waals surface area (Å²) >= 11 is 0. The maximum atomic E-state index is 6.19. The Morgan fingerprint density at radius 2 is 2.00 bits per heavy atom. The average molecular weight is 349 g/mol. The molecule has 3 aromatic rings. The predicted octanol–water partition coefficient (Wildman–Crippen LogP) is 3.04. The van der Waals surface area contributed by atoms with E-state index in [1.807, 2.05) is 43.5 Å². The first-order chi connectivity index (χ1) is 12.8. The Bertz CT molecular complexity index is 820. The van der Waals surface area contributed by atoms with Gasteiger partial charge in [0.05, 0.1) is 24.4 Å². The van der Waals surface area contributed by atoms with Crippen LogP contribution < -0.4 is 0 Å². The predicted molar refractivity (Wildman–Crippen MR) is 98.1 cm³/mol. The molecule has 3 heterocycles. The molecule has 1 aromatic carbocycles. The second-order valence-electron chi connectivity index (χ2n) is 6.70. The number of rotatable bonds is 6. The molecule has 0 unspecified atom stereocenters. The number of hydrogen-bond acceptors (Lipinski definition) is 5. The Hall–Kier alpha value is -2.57. The molecule has 1 N–H and O–H groups in total. The smallest absolute Gasteiger partial charge is 0.167 e. The molecule has 0 aliphatic carbocycles. The zero-order valence-electron chi connectivity index (χ0n) is 14.9. The molecule has 1 aliphatic rings. The van der Waals surface area contributed by atoms with E-state index in [4.69, 9.17) is 4.74 Å². The minimum Gasteiger partial charge on any atom is -0.372 e. The second-order valence-corrected chi connectivity index (χ2v) is 6.70. The summed E-state index contributed by atoms with van der Waals surface area (Å²) in [6.45, 7) is 4.17. The Labute approximate surface area is 153 Å². The van der Waals surface area contributed by atoms with Crippen molar-refractivity contribution < 1.29 is 4.74 Å². The molecule has 26 heavy (non-hydrogen) atoms. The minimum absolute atomic E-state index is 0.141. The number of aromatic nitrogens is 4. The summed E-state index contributed by atoms with van der Waals surface area (Å²) in [5.74, 6) is 1.68. The van der Waals surface area contributed by atoms with Crippen LogP contribution in [0.25, 0.3) is 0 Å². The number of H-pyrrole nitrogens is 1. The minimum atomic E-state index is 0.141. The molecular weight excluding hydrogens is 326 g/mol. The number of nitrogens with one attached hydrogen (secondary N) is 1. The van der Waals surface area contributed by atoms with Crippen molar-refractivity contribution in [3.8, 4) is 0 Å². The molecule has 0 amide bonds. The lowest BCUT2D eigenvalue weighted by Gasteiger charge is -2.21. The number of likely N-dealkylation sites (tertiary alicyclic amines) is 1. The summed E-state index contributed by atoms with van der Waals surface area (Å²) in [5, 5.41) is 7.35. The molecule has 6 nitrogen and oxygen atoms in total. The van der Waals surface area contributed by atoms with Crippen LogP contribution in [0.3, 0.4) is 0 Å². The van der Waals surface area contributed by atoms with Crippen molar-refractivity contribution in [3.05, 3.63) is 77.6 Å². The van der Waals surface area contributed by atoms with Gasteiger partial charge in [-0.15, -0.1) is 0 Å². The van der Waals surface area contributed by atoms with Crippen LogP contribution in [-0.2, 0) is 17.9 Å². The SMILES string of the molecule is Cc1nc([C@@H]2C[C@H](OCc3ccccc3)CN2Cc2ccccn2)n[nH]1. The van der Waals surface area contributed by atoms with Gasteiger partial charge in [-0.1, -0.05) is 36.4 Å². The molecule has 0 saturated carbocycles. The van der Waals surface area contributed by atoms with Gasteiger partial charge in [0.2, 0.25) is 0 Å². The summed E-state index contributed by atoms with van der Waals surface area (Å²) < 4.78 is 6.19. The quantitative estimate of drug-likeness (QED) is 0.741. The highest BCUT2D eigenvalue weighted by Crippen LogP contribution is 2.33. The summed E-state index contributed by atoms with van der Waals surface area (Å²) in [4.78, 5) is 11.4. The van der Waals surface area contributed by atoms with Crippen molar-refractivity contribution in [2.24, 2.45) is 0 Å². The van der Waals surface area contributed by atoms with Crippen molar-refractivity contribution in [1.82, 2.24) is 25.1 Å². The van der Waals surface area contributed by atoms with Gasteiger partial charge in [0.25, 0.3) is 0 Å². The molecule has 1 fully saturated rings. The van der Waals surface area contributed by atoms with E-state index in [0.717, 1.165) is 36.9 Å². The van der Waals surface area contributed by atoms with Gasteiger partial charge in [-0.3, -0.25) is 15.0 Å². The van der Waals surface area contributed by atoms with Crippen LogP contribution in [-0.4, -0.2) is 37.7 Å². The van der Waals surface area contributed by atoms with Gasteiger partial charge in [0, 0.05) is 19.3 Å². The molecule has 2 aromatic heterocycles. The average Bonchev–Trinajstić information content (AvgIpc) is 3.28. The van der Waals surface area contributed by atoms with Crippen LogP contribution in [0.1, 0.15) is 35.4 Å². The first kappa shape index (κ1) is 16.9. The summed E-state index contributed by atoms with van der Waals surface area (Å²) in [7, 11) is 0. The van der Waals surface area contributed by atoms with Crippen LogP contribution in [0.5, 0.6) is 0 Å². The van der Waals surface area contributed by atoms with E-state index < -0.39 is 0 Å². The van der Waals surface area contributed by atoms with E-state index in [-0.39, 0.29) is 12.1 Å².